The van der Waals surface area contributed by atoms with Gasteiger partial charge in [-0.05, 0) is 60.4 Å². The molecule has 4 heterocycles. The van der Waals surface area contributed by atoms with E-state index in [9.17, 15) is 4.79 Å². The Bertz CT molecular complexity index is 1980. The van der Waals surface area contributed by atoms with Gasteiger partial charge in [0, 0.05) is 35.1 Å². The fourth-order valence-corrected chi connectivity index (χ4v) is 5.85. The lowest BCUT2D eigenvalue weighted by Crippen LogP contribution is -2.15. The molecule has 7 nitrogen and oxygen atoms in total. The Morgan fingerprint density at radius 2 is 1.93 bits per heavy atom. The minimum atomic E-state index is 0.0481. The molecule has 42 heavy (non-hydrogen) atoms. The summed E-state index contributed by atoms with van der Waals surface area (Å²) >= 11 is 1.45. The highest BCUT2D eigenvalue weighted by molar-refractivity contribution is 7.17. The van der Waals surface area contributed by atoms with E-state index in [0.29, 0.717) is 17.2 Å². The zero-order valence-electron chi connectivity index (χ0n) is 23.4. The van der Waals surface area contributed by atoms with Crippen LogP contribution in [-0.2, 0) is 6.54 Å². The lowest BCUT2D eigenvalue weighted by atomic mass is 10.00. The molecule has 0 spiro atoms. The maximum absolute atomic E-state index is 11.9. The third-order valence-electron chi connectivity index (χ3n) is 7.15. The van der Waals surface area contributed by atoms with E-state index < -0.39 is 0 Å². The molecule has 6 aromatic rings. The van der Waals surface area contributed by atoms with E-state index in [-0.39, 0.29) is 5.78 Å². The molecule has 2 aromatic carbocycles. The molecule has 0 radical (unpaired) electrons. The summed E-state index contributed by atoms with van der Waals surface area (Å²) in [6.45, 7) is 9.16. The third-order valence-corrected chi connectivity index (χ3v) is 8.37. The number of aromatic nitrogens is 5. The number of Topliss-reactive ketones (excluding diaryl/α,β-unsaturated/α-hetero) is 1. The predicted octanol–water partition coefficient (Wildman–Crippen LogP) is 7.74. The number of nitrogens with zero attached hydrogens (tertiary/aromatic N) is 3. The quantitative estimate of drug-likeness (QED) is 0.116. The molecule has 0 saturated heterocycles. The van der Waals surface area contributed by atoms with E-state index in [1.165, 1.54) is 16.9 Å². The Labute approximate surface area is 247 Å². The molecule has 0 atom stereocenters. The number of nitrogens with one attached hydrogen (secondary N) is 3. The number of pyridine rings is 1. The van der Waals surface area contributed by atoms with E-state index in [1.54, 1.807) is 19.3 Å². The second-order valence-electron chi connectivity index (χ2n) is 9.98. The maximum Gasteiger partial charge on any atom is 0.169 e. The monoisotopic (exact) mass is 570 g/mol. The van der Waals surface area contributed by atoms with Gasteiger partial charge >= 0.3 is 0 Å². The molecule has 3 N–H and O–H groups in total. The number of allylic oxidation sites excluding steroid dienone is 3. The SMILES string of the molecule is C=C/C(=C\C(=C/C)c1ccc2[nH]nc(-c3nc4c(-c5ccc(C(C)=O)s5)cncc4[nH]3)c2c1)CNCc1ccccc1. The number of carbonyl (C=O) groups is 1. The summed E-state index contributed by atoms with van der Waals surface area (Å²) in [5, 5.41) is 12.2. The average molecular weight is 571 g/mol. The van der Waals surface area contributed by atoms with Crippen molar-refractivity contribution < 1.29 is 4.79 Å². The number of H-pyrrole nitrogens is 2. The number of aromatic amines is 2. The first-order valence-corrected chi connectivity index (χ1v) is 14.5. The van der Waals surface area contributed by atoms with Gasteiger partial charge in [0.25, 0.3) is 0 Å². The van der Waals surface area contributed by atoms with Crippen molar-refractivity contribution in [3.8, 4) is 22.0 Å². The zero-order chi connectivity index (χ0) is 29.1. The number of hydrogen-bond acceptors (Lipinski definition) is 6. The number of ketones is 1. The lowest BCUT2D eigenvalue weighted by Gasteiger charge is -2.09. The third kappa shape index (κ3) is 5.50. The largest absolute Gasteiger partial charge is 0.335 e. The Morgan fingerprint density at radius 3 is 2.69 bits per heavy atom. The summed E-state index contributed by atoms with van der Waals surface area (Å²) in [5.41, 5.74) is 8.65. The van der Waals surface area contributed by atoms with Crippen LogP contribution in [0.1, 0.15) is 34.6 Å². The van der Waals surface area contributed by atoms with Crippen LogP contribution in [0.4, 0.5) is 0 Å². The summed E-state index contributed by atoms with van der Waals surface area (Å²) in [6, 6.07) is 20.4. The number of thiophene rings is 1. The Kier molecular flexibility index (Phi) is 7.72. The zero-order valence-corrected chi connectivity index (χ0v) is 24.3. The van der Waals surface area contributed by atoms with Gasteiger partial charge in [0.2, 0.25) is 0 Å². The first-order chi connectivity index (χ1) is 20.5. The van der Waals surface area contributed by atoms with Crippen LogP contribution in [0.25, 0.3) is 49.5 Å². The van der Waals surface area contributed by atoms with Gasteiger partial charge in [0.05, 0.1) is 22.1 Å². The second kappa shape index (κ2) is 11.9. The van der Waals surface area contributed by atoms with Crippen LogP contribution in [0.3, 0.4) is 0 Å². The van der Waals surface area contributed by atoms with Crippen LogP contribution in [0.5, 0.6) is 0 Å². The highest BCUT2D eigenvalue weighted by atomic mass is 32.1. The predicted molar refractivity (Wildman–Crippen MR) is 172 cm³/mol. The van der Waals surface area contributed by atoms with Crippen molar-refractivity contribution in [2.24, 2.45) is 0 Å². The number of imidazole rings is 1. The van der Waals surface area contributed by atoms with Crippen molar-refractivity contribution in [3.63, 3.8) is 0 Å². The molecule has 0 bridgehead atoms. The molecule has 6 rings (SSSR count). The Hall–Kier alpha value is -4.92. The Morgan fingerprint density at radius 1 is 1.07 bits per heavy atom. The number of fused-ring (bicyclic) bond motifs is 2. The second-order valence-corrected chi connectivity index (χ2v) is 11.1. The molecule has 0 aliphatic heterocycles. The van der Waals surface area contributed by atoms with Crippen LogP contribution in [0.2, 0.25) is 0 Å². The molecular weight excluding hydrogens is 540 g/mol. The number of benzene rings is 2. The van der Waals surface area contributed by atoms with Gasteiger partial charge in [-0.3, -0.25) is 14.9 Å². The van der Waals surface area contributed by atoms with Crippen molar-refractivity contribution in [2.45, 2.75) is 20.4 Å². The fraction of sp³-hybridized carbons (Fsp3) is 0.118. The van der Waals surface area contributed by atoms with Crippen LogP contribution < -0.4 is 5.32 Å². The van der Waals surface area contributed by atoms with Crippen molar-refractivity contribution in [1.82, 2.24) is 30.5 Å². The minimum Gasteiger partial charge on any atom is -0.335 e. The summed E-state index contributed by atoms with van der Waals surface area (Å²) in [4.78, 5) is 26.3. The molecule has 8 heteroatoms. The highest BCUT2D eigenvalue weighted by Gasteiger charge is 2.17. The van der Waals surface area contributed by atoms with Crippen LogP contribution in [-0.4, -0.2) is 37.5 Å². The lowest BCUT2D eigenvalue weighted by molar-refractivity contribution is 0.102. The van der Waals surface area contributed by atoms with Gasteiger partial charge in [0.15, 0.2) is 11.6 Å². The molecular formula is C34H30N6OS. The molecule has 208 valence electrons. The molecule has 0 aliphatic carbocycles. The van der Waals surface area contributed by atoms with Gasteiger partial charge in [-0.1, -0.05) is 61.2 Å². The highest BCUT2D eigenvalue weighted by Crippen LogP contribution is 2.35. The molecule has 4 aromatic heterocycles. The van der Waals surface area contributed by atoms with Gasteiger partial charge in [0.1, 0.15) is 11.2 Å². The molecule has 0 unspecified atom stereocenters. The van der Waals surface area contributed by atoms with Crippen LogP contribution in [0.15, 0.2) is 103 Å². The minimum absolute atomic E-state index is 0.0481. The molecule has 0 saturated carbocycles. The van der Waals surface area contributed by atoms with E-state index in [1.807, 2.05) is 37.3 Å². The fourth-order valence-electron chi connectivity index (χ4n) is 4.93. The number of carbonyl (C=O) groups excluding carboxylic acids is 1. The summed E-state index contributed by atoms with van der Waals surface area (Å²) in [6.07, 6.45) is 9.73. The van der Waals surface area contributed by atoms with Crippen LogP contribution >= 0.6 is 11.3 Å². The standard InChI is InChI=1S/C34H30N6OS/c1-4-22(17-35-18-23-9-7-6-8-10-23)15-24(5-2)25-11-12-28-26(16-25)33(40-39-28)34-37-29-20-36-19-27(32(29)38-34)31-14-13-30(42-31)21(3)41/h4-16,19-20,35H,1,17-18H2,2-3H3,(H,37,38)(H,39,40)/b22-15+,24-5+. The maximum atomic E-state index is 11.9. The number of rotatable bonds is 10. The van der Waals surface area contributed by atoms with E-state index in [2.05, 4.69) is 80.6 Å². The summed E-state index contributed by atoms with van der Waals surface area (Å²) in [7, 11) is 0. The topological polar surface area (TPSA) is 99.3 Å². The van der Waals surface area contributed by atoms with Gasteiger partial charge in [-0.15, -0.1) is 11.3 Å². The first kappa shape index (κ1) is 27.3. The van der Waals surface area contributed by atoms with Crippen molar-refractivity contribution in [2.75, 3.05) is 6.54 Å². The van der Waals surface area contributed by atoms with Crippen LogP contribution in [0, 0.1) is 0 Å². The van der Waals surface area contributed by atoms with E-state index in [0.717, 1.165) is 61.3 Å². The smallest absolute Gasteiger partial charge is 0.169 e. The van der Waals surface area contributed by atoms with Crippen molar-refractivity contribution in [3.05, 3.63) is 119 Å². The van der Waals surface area contributed by atoms with Crippen molar-refractivity contribution >= 4 is 44.6 Å². The average Bonchev–Trinajstić information content (AvgIpc) is 3.77. The summed E-state index contributed by atoms with van der Waals surface area (Å²) < 4.78 is 0. The molecule has 0 aliphatic rings. The molecule has 0 fully saturated rings. The summed E-state index contributed by atoms with van der Waals surface area (Å²) in [5.74, 6) is 0.701. The van der Waals surface area contributed by atoms with Gasteiger partial charge in [-0.25, -0.2) is 4.98 Å². The normalized spacial score (nSPS) is 12.3. The Balaban J connectivity index is 1.30. The van der Waals surface area contributed by atoms with Gasteiger partial charge in [-0.2, -0.15) is 5.10 Å². The van der Waals surface area contributed by atoms with Crippen molar-refractivity contribution in [1.29, 1.82) is 0 Å². The van der Waals surface area contributed by atoms with E-state index >= 15 is 0 Å². The first-order valence-electron chi connectivity index (χ1n) is 13.7. The number of hydrogen-bond donors (Lipinski definition) is 3. The van der Waals surface area contributed by atoms with E-state index in [4.69, 9.17) is 4.98 Å². The molecule has 0 amide bonds. The van der Waals surface area contributed by atoms with Gasteiger partial charge < -0.3 is 10.3 Å².